The van der Waals surface area contributed by atoms with E-state index < -0.39 is 0 Å². The number of carbonyl (C=O) groups excluding carboxylic acids is 2. The van der Waals surface area contributed by atoms with Gasteiger partial charge in [-0.25, -0.2) is 0 Å². The van der Waals surface area contributed by atoms with Gasteiger partial charge in [-0.1, -0.05) is 60.7 Å². The van der Waals surface area contributed by atoms with Crippen LogP contribution < -0.4 is 5.32 Å². The van der Waals surface area contributed by atoms with E-state index in [0.29, 0.717) is 11.3 Å². The van der Waals surface area contributed by atoms with E-state index in [1.54, 1.807) is 12.3 Å². The average Bonchev–Trinajstić information content (AvgIpc) is 3.47. The van der Waals surface area contributed by atoms with Crippen molar-refractivity contribution >= 4 is 11.7 Å². The van der Waals surface area contributed by atoms with Crippen LogP contribution in [-0.2, 0) is 0 Å². The van der Waals surface area contributed by atoms with E-state index in [2.05, 4.69) is 34.6 Å². The number of benzene rings is 2. The molecule has 3 aromatic rings. The molecule has 0 aliphatic carbocycles. The Kier molecular flexibility index (Phi) is 5.86. The molecular weight excluding hydrogens is 362 g/mol. The van der Waals surface area contributed by atoms with Crippen LogP contribution in [0, 0.1) is 0 Å². The molecule has 1 amide bonds. The highest BCUT2D eigenvalue weighted by atomic mass is 16.2. The van der Waals surface area contributed by atoms with Gasteiger partial charge in [0.1, 0.15) is 5.69 Å². The molecule has 0 spiro atoms. The van der Waals surface area contributed by atoms with Gasteiger partial charge in [0.25, 0.3) is 5.91 Å². The fourth-order valence-corrected chi connectivity index (χ4v) is 3.79. The van der Waals surface area contributed by atoms with Crippen LogP contribution in [0.2, 0.25) is 0 Å². The molecule has 148 valence electrons. The summed E-state index contributed by atoms with van der Waals surface area (Å²) in [7, 11) is 0. The first-order valence-electron chi connectivity index (χ1n) is 10.1. The van der Waals surface area contributed by atoms with Crippen molar-refractivity contribution in [2.75, 3.05) is 19.6 Å². The van der Waals surface area contributed by atoms with Crippen LogP contribution in [-0.4, -0.2) is 41.2 Å². The van der Waals surface area contributed by atoms with Crippen LogP contribution in [0.5, 0.6) is 0 Å². The highest BCUT2D eigenvalue weighted by Gasteiger charge is 2.22. The molecule has 0 unspecified atom stereocenters. The third-order valence-electron chi connectivity index (χ3n) is 5.36. The zero-order valence-electron chi connectivity index (χ0n) is 16.3. The summed E-state index contributed by atoms with van der Waals surface area (Å²) in [6.45, 7) is 1.76. The number of Topliss-reactive ketones (excluding diaryl/α,β-unsaturated/α-hetero) is 1. The Balaban J connectivity index is 1.45. The molecule has 1 aromatic heterocycles. The number of hydrogen-bond acceptors (Lipinski definition) is 3. The number of carbonyl (C=O) groups is 2. The Labute approximate surface area is 170 Å². The molecule has 1 aliphatic rings. The maximum absolute atomic E-state index is 12.8. The first-order valence-corrected chi connectivity index (χ1v) is 10.1. The van der Waals surface area contributed by atoms with Crippen LogP contribution in [0.3, 0.4) is 0 Å². The van der Waals surface area contributed by atoms with E-state index in [4.69, 9.17) is 0 Å². The van der Waals surface area contributed by atoms with Gasteiger partial charge in [0.15, 0.2) is 5.78 Å². The van der Waals surface area contributed by atoms with Gasteiger partial charge in [-0.2, -0.15) is 0 Å². The van der Waals surface area contributed by atoms with Gasteiger partial charge in [-0.15, -0.1) is 0 Å². The summed E-state index contributed by atoms with van der Waals surface area (Å²) >= 11 is 0. The molecule has 0 atom stereocenters. The summed E-state index contributed by atoms with van der Waals surface area (Å²) < 4.78 is 0. The first kappa shape index (κ1) is 19.2. The summed E-state index contributed by atoms with van der Waals surface area (Å²) in [5.41, 5.74) is 3.22. The average molecular weight is 387 g/mol. The number of aromatic nitrogens is 1. The second-order valence-electron chi connectivity index (χ2n) is 7.36. The Bertz CT molecular complexity index is 921. The lowest BCUT2D eigenvalue weighted by Gasteiger charge is -2.19. The number of rotatable bonds is 7. The highest BCUT2D eigenvalue weighted by Crippen LogP contribution is 2.22. The molecule has 2 aromatic carbocycles. The zero-order valence-corrected chi connectivity index (χ0v) is 16.3. The molecule has 1 fully saturated rings. The first-order chi connectivity index (χ1) is 14.2. The summed E-state index contributed by atoms with van der Waals surface area (Å²) in [6.07, 6.45) is 3.72. The van der Waals surface area contributed by atoms with Crippen LogP contribution in [0.15, 0.2) is 72.9 Å². The summed E-state index contributed by atoms with van der Waals surface area (Å²) in [5.74, 6) is -0.0699. The van der Waals surface area contributed by atoms with E-state index in [1.807, 2.05) is 41.3 Å². The zero-order chi connectivity index (χ0) is 20.1. The van der Waals surface area contributed by atoms with Gasteiger partial charge in [0, 0.05) is 24.8 Å². The molecule has 0 radical (unpaired) electrons. The van der Waals surface area contributed by atoms with Crippen LogP contribution in [0.1, 0.15) is 50.9 Å². The summed E-state index contributed by atoms with van der Waals surface area (Å²) in [5, 5.41) is 3.39. The maximum Gasteiger partial charge on any atom is 0.270 e. The number of aromatic amines is 1. The van der Waals surface area contributed by atoms with Crippen molar-refractivity contribution in [3.05, 3.63) is 95.3 Å². The van der Waals surface area contributed by atoms with Crippen molar-refractivity contribution in [3.8, 4) is 0 Å². The highest BCUT2D eigenvalue weighted by molar-refractivity contribution is 6.01. The molecule has 29 heavy (non-hydrogen) atoms. The van der Waals surface area contributed by atoms with Crippen molar-refractivity contribution in [3.63, 3.8) is 0 Å². The monoisotopic (exact) mass is 387 g/mol. The third-order valence-corrected chi connectivity index (χ3v) is 5.36. The van der Waals surface area contributed by atoms with Crippen molar-refractivity contribution in [1.82, 2.24) is 15.2 Å². The van der Waals surface area contributed by atoms with Gasteiger partial charge in [-0.05, 0) is 30.0 Å². The Morgan fingerprint density at radius 1 is 0.931 bits per heavy atom. The van der Waals surface area contributed by atoms with Crippen molar-refractivity contribution < 1.29 is 9.59 Å². The number of likely N-dealkylation sites (tertiary alicyclic amines) is 1. The van der Waals surface area contributed by atoms with Gasteiger partial charge in [0.2, 0.25) is 0 Å². The second-order valence-corrected chi connectivity index (χ2v) is 7.36. The van der Waals surface area contributed by atoms with E-state index in [9.17, 15) is 9.59 Å². The molecule has 2 N–H and O–H groups in total. The number of H-pyrrole nitrogens is 1. The lowest BCUT2D eigenvalue weighted by Crippen LogP contribution is -2.28. The largest absolute Gasteiger partial charge is 0.356 e. The standard InChI is InChI=1S/C24H25N3O2/c28-22(20-15-21(25-16-20)24(29)27-13-7-8-14-27)17-26-23(18-9-3-1-4-10-18)19-11-5-2-6-12-19/h1-6,9-12,15-16,23,25-26H,7-8,13-14,17H2. The van der Waals surface area contributed by atoms with Crippen LogP contribution in [0.25, 0.3) is 0 Å². The van der Waals surface area contributed by atoms with Crippen LogP contribution in [0.4, 0.5) is 0 Å². The van der Waals surface area contributed by atoms with Crippen molar-refractivity contribution in [2.45, 2.75) is 18.9 Å². The summed E-state index contributed by atoms with van der Waals surface area (Å²) in [4.78, 5) is 30.1. The fourth-order valence-electron chi connectivity index (χ4n) is 3.79. The quantitative estimate of drug-likeness (QED) is 0.606. The van der Waals surface area contributed by atoms with Gasteiger partial charge < -0.3 is 9.88 Å². The molecule has 0 saturated carbocycles. The molecule has 2 heterocycles. The second kappa shape index (κ2) is 8.88. The van der Waals surface area contributed by atoms with E-state index in [-0.39, 0.29) is 24.3 Å². The molecule has 1 aliphatic heterocycles. The fraction of sp³-hybridized carbons (Fsp3) is 0.250. The minimum atomic E-state index is -0.0778. The lowest BCUT2D eigenvalue weighted by atomic mass is 9.98. The lowest BCUT2D eigenvalue weighted by molar-refractivity contribution is 0.0787. The molecule has 1 saturated heterocycles. The molecule has 0 bridgehead atoms. The van der Waals surface area contributed by atoms with Crippen molar-refractivity contribution in [2.24, 2.45) is 0 Å². The number of hydrogen-bond donors (Lipinski definition) is 2. The summed E-state index contributed by atoms with van der Waals surface area (Å²) in [6, 6.07) is 21.8. The number of nitrogens with zero attached hydrogens (tertiary/aromatic N) is 1. The number of ketones is 1. The van der Waals surface area contributed by atoms with Gasteiger partial charge >= 0.3 is 0 Å². The van der Waals surface area contributed by atoms with Crippen LogP contribution >= 0.6 is 0 Å². The predicted octanol–water partition coefficient (Wildman–Crippen LogP) is 3.81. The number of amides is 1. The molecule has 4 rings (SSSR count). The predicted molar refractivity (Wildman–Crippen MR) is 113 cm³/mol. The molecular formula is C24H25N3O2. The Morgan fingerprint density at radius 2 is 1.52 bits per heavy atom. The van der Waals surface area contributed by atoms with E-state index in [0.717, 1.165) is 37.1 Å². The molecule has 5 heteroatoms. The van der Waals surface area contributed by atoms with Gasteiger partial charge in [0.05, 0.1) is 12.6 Å². The van der Waals surface area contributed by atoms with E-state index >= 15 is 0 Å². The Hall–Kier alpha value is -3.18. The normalized spacial score (nSPS) is 13.8. The minimum Gasteiger partial charge on any atom is -0.356 e. The topological polar surface area (TPSA) is 65.2 Å². The smallest absolute Gasteiger partial charge is 0.270 e. The van der Waals surface area contributed by atoms with Gasteiger partial charge in [-0.3, -0.25) is 14.9 Å². The minimum absolute atomic E-state index is 0.0269. The SMILES string of the molecule is O=C(CNC(c1ccccc1)c1ccccc1)c1c[nH]c(C(=O)N2CCCC2)c1. The molecule has 5 nitrogen and oxygen atoms in total. The van der Waals surface area contributed by atoms with E-state index in [1.165, 1.54) is 0 Å². The maximum atomic E-state index is 12.8. The third kappa shape index (κ3) is 4.46. The Morgan fingerprint density at radius 3 is 2.10 bits per heavy atom. The van der Waals surface area contributed by atoms with Crippen molar-refractivity contribution in [1.29, 1.82) is 0 Å². The number of nitrogens with one attached hydrogen (secondary N) is 2.